The number of carboxylic acids is 1. The Morgan fingerprint density at radius 3 is 2.85 bits per heavy atom. The fraction of sp³-hybridized carbons (Fsp3) is 0.429. The van der Waals surface area contributed by atoms with Crippen LogP contribution in [0.3, 0.4) is 0 Å². The number of hydrogen-bond acceptors (Lipinski definition) is 4. The van der Waals surface area contributed by atoms with Gasteiger partial charge in [-0.15, -0.1) is 0 Å². The Labute approximate surface area is 116 Å². The molecule has 0 radical (unpaired) electrons. The van der Waals surface area contributed by atoms with Crippen molar-refractivity contribution in [3.05, 3.63) is 29.8 Å². The molecule has 2 N–H and O–H groups in total. The monoisotopic (exact) mass is 279 g/mol. The minimum atomic E-state index is -1.08. The summed E-state index contributed by atoms with van der Waals surface area (Å²) in [5.74, 6) is -0.741. The smallest absolute Gasteiger partial charge is 0.326 e. The lowest BCUT2D eigenvalue weighted by Crippen LogP contribution is -2.41. The van der Waals surface area contributed by atoms with Gasteiger partial charge in [0.15, 0.2) is 0 Å². The maximum Gasteiger partial charge on any atom is 0.326 e. The Kier molecular flexibility index (Phi) is 4.24. The van der Waals surface area contributed by atoms with Crippen LogP contribution in [0.25, 0.3) is 0 Å². The van der Waals surface area contributed by atoms with E-state index in [1.54, 1.807) is 24.3 Å². The summed E-state index contributed by atoms with van der Waals surface area (Å²) < 4.78 is 5.08. The van der Waals surface area contributed by atoms with Gasteiger partial charge in [-0.1, -0.05) is 12.1 Å². The van der Waals surface area contributed by atoms with Crippen LogP contribution in [-0.4, -0.2) is 52.8 Å². The van der Waals surface area contributed by atoms with Crippen molar-refractivity contribution < 1.29 is 24.5 Å². The van der Waals surface area contributed by atoms with Gasteiger partial charge < -0.3 is 19.8 Å². The number of aliphatic carboxylic acids is 1. The van der Waals surface area contributed by atoms with E-state index in [1.165, 1.54) is 12.0 Å². The number of rotatable bonds is 4. The number of aliphatic hydroxyl groups is 1. The molecule has 1 heterocycles. The molecule has 1 saturated heterocycles. The fourth-order valence-corrected chi connectivity index (χ4v) is 2.38. The number of carboxylic acid groups (broad SMARTS) is 1. The molecule has 1 aliphatic rings. The van der Waals surface area contributed by atoms with E-state index >= 15 is 0 Å². The van der Waals surface area contributed by atoms with Gasteiger partial charge in [0.2, 0.25) is 5.91 Å². The van der Waals surface area contributed by atoms with Gasteiger partial charge in [-0.2, -0.15) is 0 Å². The van der Waals surface area contributed by atoms with Gasteiger partial charge in [-0.3, -0.25) is 4.79 Å². The Bertz CT molecular complexity index is 516. The molecular weight excluding hydrogens is 262 g/mol. The molecule has 1 amide bonds. The number of methoxy groups -OCH3 is 1. The zero-order chi connectivity index (χ0) is 14.7. The van der Waals surface area contributed by atoms with Crippen LogP contribution in [0.15, 0.2) is 24.3 Å². The van der Waals surface area contributed by atoms with Crippen molar-refractivity contribution in [2.24, 2.45) is 0 Å². The van der Waals surface area contributed by atoms with E-state index < -0.39 is 18.1 Å². The first-order chi connectivity index (χ1) is 9.51. The van der Waals surface area contributed by atoms with Crippen LogP contribution < -0.4 is 4.74 Å². The highest BCUT2D eigenvalue weighted by atomic mass is 16.5. The normalized spacial score (nSPS) is 21.8. The van der Waals surface area contributed by atoms with Crippen LogP contribution in [-0.2, 0) is 16.0 Å². The van der Waals surface area contributed by atoms with E-state index in [0.29, 0.717) is 5.75 Å². The van der Waals surface area contributed by atoms with Crippen molar-refractivity contribution in [3.8, 4) is 5.75 Å². The molecule has 0 aliphatic carbocycles. The van der Waals surface area contributed by atoms with Gasteiger partial charge in [-0.25, -0.2) is 4.79 Å². The second-order valence-corrected chi connectivity index (χ2v) is 4.82. The molecule has 1 aromatic rings. The molecule has 20 heavy (non-hydrogen) atoms. The molecule has 6 heteroatoms. The standard InChI is InChI=1S/C14H17NO5/c1-20-11-4-2-3-9(5-11)6-13(17)15-8-10(16)7-12(15)14(18)19/h2-5,10,12,16H,6-8H2,1H3,(H,18,19)/t10-,12-/m0/s1. The first-order valence-electron chi connectivity index (χ1n) is 6.34. The lowest BCUT2D eigenvalue weighted by atomic mass is 10.1. The average Bonchev–Trinajstić information content (AvgIpc) is 2.81. The van der Waals surface area contributed by atoms with Crippen LogP contribution >= 0.6 is 0 Å². The number of likely N-dealkylation sites (tertiary alicyclic amines) is 1. The summed E-state index contributed by atoms with van der Waals surface area (Å²) in [5.41, 5.74) is 0.750. The van der Waals surface area contributed by atoms with Crippen molar-refractivity contribution in [2.45, 2.75) is 25.0 Å². The number of benzene rings is 1. The summed E-state index contributed by atoms with van der Waals surface area (Å²) in [6, 6.07) is 6.12. The largest absolute Gasteiger partial charge is 0.497 e. The summed E-state index contributed by atoms with van der Waals surface area (Å²) in [5, 5.41) is 18.6. The van der Waals surface area contributed by atoms with Crippen molar-refractivity contribution in [3.63, 3.8) is 0 Å². The average molecular weight is 279 g/mol. The van der Waals surface area contributed by atoms with Gasteiger partial charge in [0.1, 0.15) is 11.8 Å². The van der Waals surface area contributed by atoms with Gasteiger partial charge >= 0.3 is 5.97 Å². The summed E-state index contributed by atoms with van der Waals surface area (Å²) in [6.45, 7) is 0.0692. The lowest BCUT2D eigenvalue weighted by Gasteiger charge is -2.21. The van der Waals surface area contributed by atoms with Crippen LogP contribution in [0.4, 0.5) is 0 Å². The van der Waals surface area contributed by atoms with Crippen LogP contribution in [0, 0.1) is 0 Å². The van der Waals surface area contributed by atoms with E-state index in [2.05, 4.69) is 0 Å². The number of nitrogens with zero attached hydrogens (tertiary/aromatic N) is 1. The minimum absolute atomic E-state index is 0.0692. The highest BCUT2D eigenvalue weighted by Gasteiger charge is 2.38. The number of ether oxygens (including phenoxy) is 1. The maximum absolute atomic E-state index is 12.2. The van der Waals surface area contributed by atoms with Gasteiger partial charge in [0.25, 0.3) is 0 Å². The van der Waals surface area contributed by atoms with E-state index in [9.17, 15) is 14.7 Å². The molecular formula is C14H17NO5. The molecule has 2 rings (SSSR count). The molecule has 6 nitrogen and oxygen atoms in total. The number of carbonyl (C=O) groups excluding carboxylic acids is 1. The number of carbonyl (C=O) groups is 2. The molecule has 0 spiro atoms. The van der Waals surface area contributed by atoms with E-state index in [1.807, 2.05) is 0 Å². The zero-order valence-electron chi connectivity index (χ0n) is 11.2. The number of β-amino-alcohol motifs (C(OH)–C–C–N with tert-alkyl or cyclic N) is 1. The van der Waals surface area contributed by atoms with Crippen molar-refractivity contribution in [2.75, 3.05) is 13.7 Å². The Balaban J connectivity index is 2.09. The number of amides is 1. The SMILES string of the molecule is COc1cccc(CC(=O)N2C[C@@H](O)C[C@H]2C(=O)O)c1. The molecule has 1 aliphatic heterocycles. The summed E-state index contributed by atoms with van der Waals surface area (Å²) in [6.07, 6.45) is -0.599. The summed E-state index contributed by atoms with van der Waals surface area (Å²) in [7, 11) is 1.54. The second-order valence-electron chi connectivity index (χ2n) is 4.82. The van der Waals surface area contributed by atoms with E-state index in [-0.39, 0.29) is 25.3 Å². The third-order valence-corrected chi connectivity index (χ3v) is 3.37. The van der Waals surface area contributed by atoms with Crippen LogP contribution in [0.5, 0.6) is 5.75 Å². The predicted molar refractivity (Wildman–Crippen MR) is 70.5 cm³/mol. The molecule has 108 valence electrons. The molecule has 1 fully saturated rings. The summed E-state index contributed by atoms with van der Waals surface area (Å²) in [4.78, 5) is 24.5. The highest BCUT2D eigenvalue weighted by molar-refractivity contribution is 5.85. The van der Waals surface area contributed by atoms with Gasteiger partial charge in [-0.05, 0) is 17.7 Å². The third kappa shape index (κ3) is 3.08. The highest BCUT2D eigenvalue weighted by Crippen LogP contribution is 2.20. The minimum Gasteiger partial charge on any atom is -0.497 e. The quantitative estimate of drug-likeness (QED) is 0.827. The lowest BCUT2D eigenvalue weighted by molar-refractivity contribution is -0.148. The Morgan fingerprint density at radius 1 is 1.45 bits per heavy atom. The molecule has 0 aromatic heterocycles. The third-order valence-electron chi connectivity index (χ3n) is 3.37. The van der Waals surface area contributed by atoms with Crippen molar-refractivity contribution >= 4 is 11.9 Å². The first-order valence-corrected chi connectivity index (χ1v) is 6.34. The van der Waals surface area contributed by atoms with Crippen LogP contribution in [0.2, 0.25) is 0 Å². The molecule has 0 unspecified atom stereocenters. The van der Waals surface area contributed by atoms with Crippen molar-refractivity contribution in [1.29, 1.82) is 0 Å². The van der Waals surface area contributed by atoms with Gasteiger partial charge in [0.05, 0.1) is 19.6 Å². The zero-order valence-corrected chi connectivity index (χ0v) is 11.2. The van der Waals surface area contributed by atoms with Gasteiger partial charge in [0, 0.05) is 13.0 Å². The van der Waals surface area contributed by atoms with Crippen LogP contribution in [0.1, 0.15) is 12.0 Å². The second kappa shape index (κ2) is 5.92. The Morgan fingerprint density at radius 2 is 2.20 bits per heavy atom. The summed E-state index contributed by atoms with van der Waals surface area (Å²) >= 11 is 0. The van der Waals surface area contributed by atoms with E-state index in [4.69, 9.17) is 9.84 Å². The molecule has 2 atom stereocenters. The predicted octanol–water partition coefficient (Wildman–Crippen LogP) is 0.284. The number of hydrogen-bond donors (Lipinski definition) is 2. The van der Waals surface area contributed by atoms with Crippen molar-refractivity contribution in [1.82, 2.24) is 4.90 Å². The molecule has 0 saturated carbocycles. The van der Waals surface area contributed by atoms with E-state index in [0.717, 1.165) is 5.56 Å². The molecule has 0 bridgehead atoms. The number of aliphatic hydroxyl groups excluding tert-OH is 1. The Hall–Kier alpha value is -2.08. The fourth-order valence-electron chi connectivity index (χ4n) is 2.38. The topological polar surface area (TPSA) is 87.1 Å². The molecule has 1 aromatic carbocycles. The first kappa shape index (κ1) is 14.3. The maximum atomic E-state index is 12.2.